The van der Waals surface area contributed by atoms with Crippen molar-refractivity contribution in [3.63, 3.8) is 0 Å². The van der Waals surface area contributed by atoms with E-state index < -0.39 is 6.10 Å². The normalized spacial score (nSPS) is 22.3. The van der Waals surface area contributed by atoms with E-state index in [2.05, 4.69) is 16.2 Å². The molecular formula is C15H19N3O4S. The number of rotatable bonds is 3. The van der Waals surface area contributed by atoms with Gasteiger partial charge in [0, 0.05) is 13.2 Å². The van der Waals surface area contributed by atoms with Gasteiger partial charge in [-0.2, -0.15) is 0 Å². The molecule has 1 amide bonds. The molecule has 2 aliphatic heterocycles. The van der Waals surface area contributed by atoms with E-state index in [9.17, 15) is 4.79 Å². The van der Waals surface area contributed by atoms with Crippen LogP contribution in [0.2, 0.25) is 0 Å². The summed E-state index contributed by atoms with van der Waals surface area (Å²) in [7, 11) is 0. The number of hydrogen-bond acceptors (Lipinski definition) is 5. The van der Waals surface area contributed by atoms with Crippen LogP contribution in [0.1, 0.15) is 12.8 Å². The predicted octanol–water partition coefficient (Wildman–Crippen LogP) is 0.501. The van der Waals surface area contributed by atoms with Gasteiger partial charge in [-0.05, 0) is 37.2 Å². The van der Waals surface area contributed by atoms with Crippen molar-refractivity contribution in [1.82, 2.24) is 16.2 Å². The lowest BCUT2D eigenvalue weighted by atomic mass is 10.2. The minimum atomic E-state index is -0.724. The summed E-state index contributed by atoms with van der Waals surface area (Å²) in [5.74, 6) is 0.844. The Balaban J connectivity index is 1.40. The van der Waals surface area contributed by atoms with E-state index in [0.29, 0.717) is 23.2 Å². The van der Waals surface area contributed by atoms with Crippen LogP contribution >= 0.6 is 12.2 Å². The van der Waals surface area contributed by atoms with Crippen LogP contribution in [0.15, 0.2) is 24.3 Å². The Labute approximate surface area is 139 Å². The molecule has 2 heterocycles. The number of hydrogen-bond donors (Lipinski definition) is 3. The fourth-order valence-corrected chi connectivity index (χ4v) is 2.54. The third-order valence-electron chi connectivity index (χ3n) is 3.61. The minimum Gasteiger partial charge on any atom is -0.485 e. The lowest BCUT2D eigenvalue weighted by Crippen LogP contribution is -2.53. The molecule has 0 spiro atoms. The van der Waals surface area contributed by atoms with Crippen molar-refractivity contribution in [1.29, 1.82) is 0 Å². The predicted molar refractivity (Wildman–Crippen MR) is 87.2 cm³/mol. The molecule has 124 valence electrons. The van der Waals surface area contributed by atoms with E-state index >= 15 is 0 Å². The molecule has 23 heavy (non-hydrogen) atoms. The quantitative estimate of drug-likeness (QED) is 0.547. The summed E-state index contributed by atoms with van der Waals surface area (Å²) in [5.41, 5.74) is 5.18. The summed E-state index contributed by atoms with van der Waals surface area (Å²) in [5, 5.41) is 3.35. The van der Waals surface area contributed by atoms with Gasteiger partial charge in [0.2, 0.25) is 6.10 Å². The fourth-order valence-electron chi connectivity index (χ4n) is 2.40. The number of amides is 1. The summed E-state index contributed by atoms with van der Waals surface area (Å²) in [6.07, 6.45) is 1.55. The van der Waals surface area contributed by atoms with Gasteiger partial charge in [-0.25, -0.2) is 0 Å². The zero-order valence-electron chi connectivity index (χ0n) is 12.5. The largest absolute Gasteiger partial charge is 0.485 e. The molecule has 0 aliphatic carbocycles. The highest BCUT2D eigenvalue weighted by Crippen LogP contribution is 2.30. The third kappa shape index (κ3) is 4.23. The van der Waals surface area contributed by atoms with Crippen molar-refractivity contribution in [2.24, 2.45) is 0 Å². The first-order chi connectivity index (χ1) is 11.2. The minimum absolute atomic E-state index is 0.153. The number of fused-ring (bicyclic) bond motifs is 1. The first kappa shape index (κ1) is 15.8. The molecule has 2 atom stereocenters. The molecule has 3 N–H and O–H groups in total. The summed E-state index contributed by atoms with van der Waals surface area (Å²) < 4.78 is 16.6. The number of thiocarbonyl (C=S) groups is 1. The summed E-state index contributed by atoms with van der Waals surface area (Å²) in [4.78, 5) is 12.1. The number of benzene rings is 1. The van der Waals surface area contributed by atoms with Crippen LogP contribution in [0, 0.1) is 0 Å². The van der Waals surface area contributed by atoms with E-state index in [-0.39, 0.29) is 18.6 Å². The van der Waals surface area contributed by atoms with Gasteiger partial charge in [-0.1, -0.05) is 12.1 Å². The second-order valence-electron chi connectivity index (χ2n) is 5.32. The highest BCUT2D eigenvalue weighted by Gasteiger charge is 2.27. The Morgan fingerprint density at radius 2 is 2.09 bits per heavy atom. The van der Waals surface area contributed by atoms with Crippen LogP contribution in [0.3, 0.4) is 0 Å². The lowest BCUT2D eigenvalue weighted by Gasteiger charge is -2.25. The summed E-state index contributed by atoms with van der Waals surface area (Å²) >= 11 is 5.11. The van der Waals surface area contributed by atoms with Gasteiger partial charge in [0.25, 0.3) is 5.91 Å². The van der Waals surface area contributed by atoms with Crippen molar-refractivity contribution in [3.05, 3.63) is 24.3 Å². The van der Waals surface area contributed by atoms with Crippen LogP contribution in [0.25, 0.3) is 0 Å². The van der Waals surface area contributed by atoms with E-state index in [4.69, 9.17) is 26.4 Å². The SMILES string of the molecule is O=C(NNC(=S)NC[C@@H]1CCCO1)[C@@H]1COc2ccccc2O1. The van der Waals surface area contributed by atoms with Gasteiger partial charge < -0.3 is 19.5 Å². The smallest absolute Gasteiger partial charge is 0.283 e. The zero-order chi connectivity index (χ0) is 16.1. The molecule has 0 aromatic heterocycles. The standard InChI is InChI=1S/C15H19N3O4S/c19-14(13-9-21-11-5-1-2-6-12(11)22-13)17-18-15(23)16-8-10-4-3-7-20-10/h1-2,5-6,10,13H,3-4,7-9H2,(H,17,19)(H2,16,18,23)/t10-,13-/m0/s1. The molecule has 1 aromatic rings. The average Bonchev–Trinajstić information content (AvgIpc) is 3.11. The van der Waals surface area contributed by atoms with Crippen molar-refractivity contribution in [2.45, 2.75) is 25.0 Å². The van der Waals surface area contributed by atoms with Crippen LogP contribution in [0.4, 0.5) is 0 Å². The Hall–Kier alpha value is -2.06. The van der Waals surface area contributed by atoms with Crippen LogP contribution in [-0.2, 0) is 9.53 Å². The lowest BCUT2D eigenvalue weighted by molar-refractivity contribution is -0.130. The van der Waals surface area contributed by atoms with E-state index in [1.165, 1.54) is 0 Å². The van der Waals surface area contributed by atoms with E-state index in [1.54, 1.807) is 12.1 Å². The number of nitrogens with one attached hydrogen (secondary N) is 3. The van der Waals surface area contributed by atoms with Gasteiger partial charge in [0.15, 0.2) is 16.6 Å². The third-order valence-corrected chi connectivity index (χ3v) is 3.86. The molecular weight excluding hydrogens is 318 g/mol. The van der Waals surface area contributed by atoms with Gasteiger partial charge >= 0.3 is 0 Å². The van der Waals surface area contributed by atoms with Crippen molar-refractivity contribution in [3.8, 4) is 11.5 Å². The maximum atomic E-state index is 12.1. The summed E-state index contributed by atoms with van der Waals surface area (Å²) in [6.45, 7) is 1.57. The molecule has 1 aromatic carbocycles. The molecule has 2 aliphatic rings. The Kier molecular flexibility index (Phi) is 5.14. The first-order valence-electron chi connectivity index (χ1n) is 7.56. The Morgan fingerprint density at radius 1 is 1.26 bits per heavy atom. The number of ether oxygens (including phenoxy) is 3. The number of para-hydroxylation sites is 2. The maximum absolute atomic E-state index is 12.1. The highest BCUT2D eigenvalue weighted by atomic mass is 32.1. The van der Waals surface area contributed by atoms with Gasteiger partial charge in [0.1, 0.15) is 6.61 Å². The molecule has 1 fully saturated rings. The van der Waals surface area contributed by atoms with Crippen molar-refractivity contribution < 1.29 is 19.0 Å². The second-order valence-corrected chi connectivity index (χ2v) is 5.73. The van der Waals surface area contributed by atoms with Crippen LogP contribution in [-0.4, -0.2) is 43.0 Å². The highest BCUT2D eigenvalue weighted by molar-refractivity contribution is 7.80. The topological polar surface area (TPSA) is 80.9 Å². The molecule has 0 bridgehead atoms. The summed E-state index contributed by atoms with van der Waals surface area (Å²) in [6, 6.07) is 7.23. The van der Waals surface area contributed by atoms with Gasteiger partial charge in [0.05, 0.1) is 6.10 Å². The Bertz CT molecular complexity index is 578. The van der Waals surface area contributed by atoms with Gasteiger partial charge in [-0.15, -0.1) is 0 Å². The molecule has 0 unspecified atom stereocenters. The molecule has 3 rings (SSSR count). The average molecular weight is 337 g/mol. The fraction of sp³-hybridized carbons (Fsp3) is 0.467. The number of carbonyl (C=O) groups is 1. The first-order valence-corrected chi connectivity index (χ1v) is 7.97. The molecule has 0 saturated carbocycles. The Morgan fingerprint density at radius 3 is 2.87 bits per heavy atom. The molecule has 7 nitrogen and oxygen atoms in total. The number of hydrazine groups is 1. The molecule has 0 radical (unpaired) electrons. The van der Waals surface area contributed by atoms with E-state index in [1.807, 2.05) is 12.1 Å². The zero-order valence-corrected chi connectivity index (χ0v) is 13.4. The second kappa shape index (κ2) is 7.47. The van der Waals surface area contributed by atoms with Crippen LogP contribution in [0.5, 0.6) is 11.5 Å². The van der Waals surface area contributed by atoms with Crippen molar-refractivity contribution in [2.75, 3.05) is 19.8 Å². The van der Waals surface area contributed by atoms with Gasteiger partial charge in [-0.3, -0.25) is 15.6 Å². The van der Waals surface area contributed by atoms with Crippen LogP contribution < -0.4 is 25.6 Å². The molecule has 8 heteroatoms. The monoisotopic (exact) mass is 337 g/mol. The molecule has 1 saturated heterocycles. The van der Waals surface area contributed by atoms with Crippen molar-refractivity contribution >= 4 is 23.2 Å². The van der Waals surface area contributed by atoms with E-state index in [0.717, 1.165) is 19.4 Å². The number of carbonyl (C=O) groups excluding carboxylic acids is 1. The maximum Gasteiger partial charge on any atom is 0.283 e.